The van der Waals surface area contributed by atoms with Crippen molar-refractivity contribution in [1.29, 1.82) is 0 Å². The molecule has 0 unspecified atom stereocenters. The van der Waals surface area contributed by atoms with E-state index in [4.69, 9.17) is 0 Å². The van der Waals surface area contributed by atoms with Gasteiger partial charge in [-0.15, -0.1) is 11.3 Å². The molecule has 8 aromatic carbocycles. The summed E-state index contributed by atoms with van der Waals surface area (Å²) in [5, 5.41) is 8.11. The molecule has 0 saturated carbocycles. The van der Waals surface area contributed by atoms with Crippen molar-refractivity contribution in [3.63, 3.8) is 0 Å². The van der Waals surface area contributed by atoms with Gasteiger partial charge in [0.05, 0.1) is 38.0 Å². The van der Waals surface area contributed by atoms with Crippen LogP contribution in [0.15, 0.2) is 156 Å². The molecule has 0 radical (unpaired) electrons. The lowest BCUT2D eigenvalue weighted by atomic mass is 10.0. The Labute approximate surface area is 327 Å². The van der Waals surface area contributed by atoms with Crippen LogP contribution in [-0.4, -0.2) is 4.57 Å². The van der Waals surface area contributed by atoms with Crippen LogP contribution < -0.4 is 4.90 Å². The number of halogens is 7. The largest absolute Gasteiger partial charge is 0.416 e. The fourth-order valence-corrected chi connectivity index (χ4v) is 9.75. The van der Waals surface area contributed by atoms with Crippen LogP contribution >= 0.6 is 27.3 Å². The first-order chi connectivity index (χ1) is 27.0. The van der Waals surface area contributed by atoms with Crippen molar-refractivity contribution in [2.45, 2.75) is 12.4 Å². The van der Waals surface area contributed by atoms with Crippen molar-refractivity contribution in [1.82, 2.24) is 4.57 Å². The monoisotopic (exact) mass is 830 g/mol. The summed E-state index contributed by atoms with van der Waals surface area (Å²) in [6.07, 6.45) is -9.17. The van der Waals surface area contributed by atoms with E-state index in [0.717, 1.165) is 93.5 Å². The molecule has 2 heterocycles. The van der Waals surface area contributed by atoms with E-state index < -0.39 is 23.5 Å². The first-order valence-corrected chi connectivity index (χ1v) is 19.2. The number of nitrogens with zero attached hydrogens (tertiary/aromatic N) is 2. The van der Waals surface area contributed by atoms with Gasteiger partial charge in [-0.1, -0.05) is 72.8 Å². The Kier molecular flexibility index (Phi) is 7.79. The predicted octanol–water partition coefficient (Wildman–Crippen LogP) is 15.7. The van der Waals surface area contributed by atoms with Gasteiger partial charge >= 0.3 is 12.4 Å². The molecule has 0 aliphatic carbocycles. The highest BCUT2D eigenvalue weighted by atomic mass is 79.9. The van der Waals surface area contributed by atoms with Crippen LogP contribution in [-0.2, 0) is 12.4 Å². The molecule has 0 aliphatic heterocycles. The van der Waals surface area contributed by atoms with Crippen LogP contribution in [0, 0.1) is 0 Å². The first-order valence-electron chi connectivity index (χ1n) is 17.6. The molecule has 2 nitrogen and oxygen atoms in total. The highest BCUT2D eigenvalue weighted by Crippen LogP contribution is 2.52. The molecule has 10 aromatic rings. The number of rotatable bonds is 4. The number of anilines is 3. The van der Waals surface area contributed by atoms with Crippen LogP contribution in [0.25, 0.3) is 69.2 Å². The smallest absolute Gasteiger partial charge is 0.309 e. The van der Waals surface area contributed by atoms with E-state index >= 15 is 0 Å². The number of benzene rings is 8. The van der Waals surface area contributed by atoms with E-state index in [1.807, 2.05) is 48.5 Å². The Balaban J connectivity index is 1.35. The summed E-state index contributed by atoms with van der Waals surface area (Å²) in [6.45, 7) is 0. The molecule has 10 heteroatoms. The van der Waals surface area contributed by atoms with Crippen molar-refractivity contribution in [2.24, 2.45) is 0 Å². The van der Waals surface area contributed by atoms with Crippen molar-refractivity contribution in [3.8, 4) is 5.69 Å². The molecule has 0 spiro atoms. The molecule has 0 amide bonds. The van der Waals surface area contributed by atoms with Crippen molar-refractivity contribution < 1.29 is 26.3 Å². The molecular formula is C46H25BrF6N2S. The van der Waals surface area contributed by atoms with Gasteiger partial charge in [0.2, 0.25) is 0 Å². The summed E-state index contributed by atoms with van der Waals surface area (Å²) >= 11 is 5.61. The topological polar surface area (TPSA) is 8.17 Å². The summed E-state index contributed by atoms with van der Waals surface area (Å²) in [4.78, 5) is 1.74. The second-order valence-corrected chi connectivity index (χ2v) is 15.6. The van der Waals surface area contributed by atoms with E-state index in [0.29, 0.717) is 21.5 Å². The standard InChI is InChI=1S/C46H25BrF6N2S/c47-43-38(55-36-22-13-26-7-3-4-10-33(26)41(36)35-23-27-8-1-2-9-28(27)24-37(35)55)25-40-42(34-11-5-6-12-39(34)56-40)44(43)54(31-18-14-29(15-19-31)45(48,49)50)32-20-16-30(17-21-32)46(51,52)53/h1-25H. The summed E-state index contributed by atoms with van der Waals surface area (Å²) < 4.78 is 87.8. The fraction of sp³-hybridized carbons (Fsp3) is 0.0435. The number of hydrogen-bond acceptors (Lipinski definition) is 2. The van der Waals surface area contributed by atoms with Crippen LogP contribution in [0.2, 0.25) is 0 Å². The van der Waals surface area contributed by atoms with Gasteiger partial charge in [0.15, 0.2) is 0 Å². The first kappa shape index (κ1) is 34.6. The Morgan fingerprint density at radius 2 is 1.04 bits per heavy atom. The minimum absolute atomic E-state index is 0.339. The Morgan fingerprint density at radius 3 is 1.66 bits per heavy atom. The zero-order chi connectivity index (χ0) is 38.5. The maximum absolute atomic E-state index is 13.9. The molecule has 0 bridgehead atoms. The van der Waals surface area contributed by atoms with Crippen LogP contribution in [0.4, 0.5) is 43.4 Å². The molecule has 0 N–H and O–H groups in total. The van der Waals surface area contributed by atoms with Gasteiger partial charge in [-0.25, -0.2) is 0 Å². The molecule has 0 atom stereocenters. The molecule has 274 valence electrons. The lowest BCUT2D eigenvalue weighted by Gasteiger charge is -2.29. The van der Waals surface area contributed by atoms with Gasteiger partial charge in [-0.2, -0.15) is 26.3 Å². The fourth-order valence-electron chi connectivity index (χ4n) is 7.94. The third kappa shape index (κ3) is 5.45. The Bertz CT molecular complexity index is 3120. The number of thiophene rings is 1. The number of aromatic nitrogens is 1. The van der Waals surface area contributed by atoms with E-state index in [9.17, 15) is 26.3 Å². The van der Waals surface area contributed by atoms with Crippen LogP contribution in [0.5, 0.6) is 0 Å². The average Bonchev–Trinajstić information content (AvgIpc) is 3.72. The summed E-state index contributed by atoms with van der Waals surface area (Å²) in [5.41, 5.74) is 2.22. The van der Waals surface area contributed by atoms with Crippen molar-refractivity contribution in [2.75, 3.05) is 4.90 Å². The zero-order valence-electron chi connectivity index (χ0n) is 28.9. The molecule has 0 fully saturated rings. The third-order valence-electron chi connectivity index (χ3n) is 10.5. The van der Waals surface area contributed by atoms with Gasteiger partial charge < -0.3 is 9.47 Å². The van der Waals surface area contributed by atoms with Gasteiger partial charge in [-0.05, 0) is 116 Å². The summed E-state index contributed by atoms with van der Waals surface area (Å²) in [5.74, 6) is 0. The van der Waals surface area contributed by atoms with Crippen molar-refractivity contribution in [3.05, 3.63) is 167 Å². The predicted molar refractivity (Wildman–Crippen MR) is 221 cm³/mol. The highest BCUT2D eigenvalue weighted by Gasteiger charge is 2.33. The lowest BCUT2D eigenvalue weighted by Crippen LogP contribution is -2.14. The van der Waals surface area contributed by atoms with Gasteiger partial charge in [0.25, 0.3) is 0 Å². The third-order valence-corrected chi connectivity index (χ3v) is 12.4. The maximum Gasteiger partial charge on any atom is 0.416 e. The Morgan fingerprint density at radius 1 is 0.482 bits per heavy atom. The van der Waals surface area contributed by atoms with E-state index in [1.54, 1.807) is 16.2 Å². The molecule has 2 aromatic heterocycles. The molecule has 10 rings (SSSR count). The number of fused-ring (bicyclic) bond motifs is 9. The summed E-state index contributed by atoms with van der Waals surface area (Å²) in [6, 6.07) is 44.4. The SMILES string of the molecule is FC(F)(F)c1ccc(N(c2ccc(C(F)(F)F)cc2)c2c(Br)c(-n3c4cc5ccccc5cc4c4c5ccccc5ccc43)cc3sc4ccccc4c23)cc1. The van der Waals surface area contributed by atoms with Gasteiger partial charge in [0.1, 0.15) is 0 Å². The highest BCUT2D eigenvalue weighted by molar-refractivity contribution is 9.10. The number of hydrogen-bond donors (Lipinski definition) is 0. The average molecular weight is 832 g/mol. The number of alkyl halides is 6. The zero-order valence-corrected chi connectivity index (χ0v) is 31.3. The molecule has 0 aliphatic rings. The maximum atomic E-state index is 13.9. The normalized spacial score (nSPS) is 12.6. The minimum atomic E-state index is -4.58. The second-order valence-electron chi connectivity index (χ2n) is 13.7. The Hall–Kier alpha value is -5.84. The van der Waals surface area contributed by atoms with E-state index in [-0.39, 0.29) is 0 Å². The lowest BCUT2D eigenvalue weighted by molar-refractivity contribution is -0.138. The second kappa shape index (κ2) is 12.6. The van der Waals surface area contributed by atoms with E-state index in [1.165, 1.54) is 24.3 Å². The van der Waals surface area contributed by atoms with Gasteiger partial charge in [0, 0.05) is 42.3 Å². The molecule has 56 heavy (non-hydrogen) atoms. The quantitative estimate of drug-likeness (QED) is 0.160. The summed E-state index contributed by atoms with van der Waals surface area (Å²) in [7, 11) is 0. The molecule has 0 saturated heterocycles. The van der Waals surface area contributed by atoms with Gasteiger partial charge in [-0.3, -0.25) is 0 Å². The van der Waals surface area contributed by atoms with Crippen LogP contribution in [0.3, 0.4) is 0 Å². The minimum Gasteiger partial charge on any atom is -0.309 e. The van der Waals surface area contributed by atoms with Crippen molar-refractivity contribution >= 4 is 108 Å². The van der Waals surface area contributed by atoms with Crippen LogP contribution in [0.1, 0.15) is 11.1 Å². The van der Waals surface area contributed by atoms with E-state index in [2.05, 4.69) is 75.1 Å². The molecular weight excluding hydrogens is 806 g/mol.